The molecule has 5 heteroatoms. The van der Waals surface area contributed by atoms with Crippen LogP contribution in [0.15, 0.2) is 30.6 Å². The van der Waals surface area contributed by atoms with Gasteiger partial charge >= 0.3 is 0 Å². The Morgan fingerprint density at radius 2 is 2.24 bits per heavy atom. The van der Waals surface area contributed by atoms with Crippen LogP contribution in [-0.4, -0.2) is 22.3 Å². The molecule has 1 aromatic carbocycles. The van der Waals surface area contributed by atoms with Crippen LogP contribution in [0.5, 0.6) is 5.75 Å². The van der Waals surface area contributed by atoms with Crippen LogP contribution in [0.4, 0.5) is 0 Å². The molecule has 2 aromatic rings. The van der Waals surface area contributed by atoms with Crippen molar-refractivity contribution < 1.29 is 4.74 Å². The van der Waals surface area contributed by atoms with Crippen molar-refractivity contribution in [3.63, 3.8) is 0 Å². The Bertz CT molecular complexity index is 455. The number of aromatic nitrogens is 3. The highest BCUT2D eigenvalue weighted by Crippen LogP contribution is 2.17. The number of aromatic amines is 1. The van der Waals surface area contributed by atoms with Gasteiger partial charge in [-0.2, -0.15) is 5.10 Å². The van der Waals surface area contributed by atoms with E-state index in [9.17, 15) is 0 Å². The van der Waals surface area contributed by atoms with Gasteiger partial charge in [0.1, 0.15) is 17.9 Å². The number of hydrogen-bond acceptors (Lipinski definition) is 4. The molecule has 17 heavy (non-hydrogen) atoms. The fraction of sp³-hybridized carbons (Fsp3) is 0.333. The predicted octanol–water partition coefficient (Wildman–Crippen LogP) is 1.66. The van der Waals surface area contributed by atoms with E-state index < -0.39 is 0 Å². The van der Waals surface area contributed by atoms with Gasteiger partial charge in [0.05, 0.1) is 13.2 Å². The normalized spacial score (nSPS) is 12.4. The van der Waals surface area contributed by atoms with Gasteiger partial charge in [-0.1, -0.05) is 18.2 Å². The third kappa shape index (κ3) is 2.82. The van der Waals surface area contributed by atoms with Crippen LogP contribution in [0.3, 0.4) is 0 Å². The topological polar surface area (TPSA) is 62.8 Å². The van der Waals surface area contributed by atoms with Gasteiger partial charge in [-0.3, -0.25) is 5.10 Å². The highest BCUT2D eigenvalue weighted by Gasteiger charge is 2.08. The first-order chi connectivity index (χ1) is 8.31. The molecule has 2 rings (SSSR count). The van der Waals surface area contributed by atoms with Crippen LogP contribution in [-0.2, 0) is 6.54 Å². The Morgan fingerprint density at radius 3 is 2.94 bits per heavy atom. The average Bonchev–Trinajstić information content (AvgIpc) is 2.90. The molecule has 0 saturated heterocycles. The largest absolute Gasteiger partial charge is 0.496 e. The molecule has 0 radical (unpaired) electrons. The molecule has 0 saturated carbocycles. The maximum absolute atomic E-state index is 5.29. The minimum Gasteiger partial charge on any atom is -0.496 e. The van der Waals surface area contributed by atoms with Gasteiger partial charge in [-0.05, 0) is 13.0 Å². The SMILES string of the molecule is COc1ccccc1CNC(C)c1ncn[nH]1. The van der Waals surface area contributed by atoms with Crippen LogP contribution in [0.25, 0.3) is 0 Å². The first-order valence-corrected chi connectivity index (χ1v) is 5.52. The summed E-state index contributed by atoms with van der Waals surface area (Å²) in [6.45, 7) is 2.77. The molecule has 0 bridgehead atoms. The molecule has 2 N–H and O–H groups in total. The van der Waals surface area contributed by atoms with E-state index in [1.165, 1.54) is 6.33 Å². The van der Waals surface area contributed by atoms with Crippen LogP contribution < -0.4 is 10.1 Å². The first-order valence-electron chi connectivity index (χ1n) is 5.52. The molecule has 0 aliphatic rings. The van der Waals surface area contributed by atoms with Gasteiger partial charge in [-0.15, -0.1) is 0 Å². The summed E-state index contributed by atoms with van der Waals surface area (Å²) in [4.78, 5) is 4.11. The van der Waals surface area contributed by atoms with E-state index in [2.05, 4.69) is 20.5 Å². The molecule has 0 aliphatic heterocycles. The lowest BCUT2D eigenvalue weighted by molar-refractivity contribution is 0.405. The van der Waals surface area contributed by atoms with E-state index in [1.54, 1.807) is 7.11 Å². The molecule has 0 fully saturated rings. The van der Waals surface area contributed by atoms with Crippen molar-refractivity contribution in [1.82, 2.24) is 20.5 Å². The molecule has 0 spiro atoms. The predicted molar refractivity (Wildman–Crippen MR) is 64.6 cm³/mol. The smallest absolute Gasteiger partial charge is 0.141 e. The van der Waals surface area contributed by atoms with Crippen molar-refractivity contribution in [3.8, 4) is 5.75 Å². The third-order valence-electron chi connectivity index (χ3n) is 2.64. The molecule has 0 amide bonds. The van der Waals surface area contributed by atoms with Gasteiger partial charge in [0.15, 0.2) is 0 Å². The van der Waals surface area contributed by atoms with Crippen molar-refractivity contribution in [2.75, 3.05) is 7.11 Å². The molecular weight excluding hydrogens is 216 g/mol. The average molecular weight is 232 g/mol. The first kappa shape index (κ1) is 11.6. The standard InChI is InChI=1S/C12H16N4O/c1-9(12-14-8-15-16-12)13-7-10-5-3-4-6-11(10)17-2/h3-6,8-9,13H,7H2,1-2H3,(H,14,15,16). The van der Waals surface area contributed by atoms with Gasteiger partial charge in [0, 0.05) is 12.1 Å². The minimum absolute atomic E-state index is 0.127. The summed E-state index contributed by atoms with van der Waals surface area (Å²) in [5.74, 6) is 1.73. The van der Waals surface area contributed by atoms with E-state index in [-0.39, 0.29) is 6.04 Å². The summed E-state index contributed by atoms with van der Waals surface area (Å²) in [5, 5.41) is 10.0. The summed E-state index contributed by atoms with van der Waals surface area (Å²) < 4.78 is 5.29. The summed E-state index contributed by atoms with van der Waals surface area (Å²) in [6, 6.07) is 8.08. The fourth-order valence-electron chi connectivity index (χ4n) is 1.63. The van der Waals surface area contributed by atoms with Crippen LogP contribution >= 0.6 is 0 Å². The number of hydrogen-bond donors (Lipinski definition) is 2. The zero-order valence-electron chi connectivity index (χ0n) is 9.97. The maximum atomic E-state index is 5.29. The van der Waals surface area contributed by atoms with Crippen LogP contribution in [0.1, 0.15) is 24.4 Å². The van der Waals surface area contributed by atoms with Crippen molar-refractivity contribution in [1.29, 1.82) is 0 Å². The van der Waals surface area contributed by atoms with E-state index in [4.69, 9.17) is 4.74 Å². The summed E-state index contributed by atoms with van der Waals surface area (Å²) in [6.07, 6.45) is 1.51. The number of ether oxygens (including phenoxy) is 1. The monoisotopic (exact) mass is 232 g/mol. The Labute approximate surface area is 100 Å². The van der Waals surface area contributed by atoms with Gasteiger partial charge in [0.2, 0.25) is 0 Å². The number of H-pyrrole nitrogens is 1. The van der Waals surface area contributed by atoms with Crippen molar-refractivity contribution in [3.05, 3.63) is 42.0 Å². The summed E-state index contributed by atoms with van der Waals surface area (Å²) >= 11 is 0. The number of methoxy groups -OCH3 is 1. The lowest BCUT2D eigenvalue weighted by Gasteiger charge is -2.13. The molecular formula is C12H16N4O. The highest BCUT2D eigenvalue weighted by molar-refractivity contribution is 5.33. The van der Waals surface area contributed by atoms with Crippen LogP contribution in [0.2, 0.25) is 0 Å². The second kappa shape index (κ2) is 5.45. The number of nitrogens with one attached hydrogen (secondary N) is 2. The Hall–Kier alpha value is -1.88. The summed E-state index contributed by atoms with van der Waals surface area (Å²) in [7, 11) is 1.68. The molecule has 5 nitrogen and oxygen atoms in total. The summed E-state index contributed by atoms with van der Waals surface area (Å²) in [5.41, 5.74) is 1.13. The van der Waals surface area contributed by atoms with Gasteiger partial charge in [-0.25, -0.2) is 4.98 Å². The van der Waals surface area contributed by atoms with Gasteiger partial charge < -0.3 is 10.1 Å². The number of benzene rings is 1. The van der Waals surface area contributed by atoms with E-state index in [0.717, 1.165) is 23.7 Å². The second-order valence-corrected chi connectivity index (χ2v) is 3.79. The molecule has 1 aromatic heterocycles. The number of rotatable bonds is 5. The minimum atomic E-state index is 0.127. The fourth-order valence-corrected chi connectivity index (χ4v) is 1.63. The van der Waals surface area contributed by atoms with Gasteiger partial charge in [0.25, 0.3) is 0 Å². The lowest BCUT2D eigenvalue weighted by Crippen LogP contribution is -2.19. The molecule has 1 heterocycles. The molecule has 1 unspecified atom stereocenters. The van der Waals surface area contributed by atoms with Crippen LogP contribution in [0, 0.1) is 0 Å². The highest BCUT2D eigenvalue weighted by atomic mass is 16.5. The maximum Gasteiger partial charge on any atom is 0.141 e. The van der Waals surface area contributed by atoms with E-state index in [0.29, 0.717) is 0 Å². The second-order valence-electron chi connectivity index (χ2n) is 3.79. The zero-order valence-corrected chi connectivity index (χ0v) is 9.97. The third-order valence-corrected chi connectivity index (χ3v) is 2.64. The molecule has 90 valence electrons. The Kier molecular flexibility index (Phi) is 3.72. The van der Waals surface area contributed by atoms with Crippen molar-refractivity contribution in [2.24, 2.45) is 0 Å². The number of para-hydroxylation sites is 1. The van der Waals surface area contributed by atoms with Crippen molar-refractivity contribution >= 4 is 0 Å². The lowest BCUT2D eigenvalue weighted by atomic mass is 10.2. The zero-order chi connectivity index (χ0) is 12.1. The quantitative estimate of drug-likeness (QED) is 0.823. The Balaban J connectivity index is 1.98. The van der Waals surface area contributed by atoms with E-state index in [1.807, 2.05) is 31.2 Å². The molecule has 0 aliphatic carbocycles. The number of nitrogens with zero attached hydrogens (tertiary/aromatic N) is 2. The Morgan fingerprint density at radius 1 is 1.41 bits per heavy atom. The molecule has 1 atom stereocenters. The van der Waals surface area contributed by atoms with Crippen molar-refractivity contribution in [2.45, 2.75) is 19.5 Å². The van der Waals surface area contributed by atoms with E-state index >= 15 is 0 Å².